The van der Waals surface area contributed by atoms with Gasteiger partial charge in [0.1, 0.15) is 0 Å². The number of aliphatic carboxylic acids is 1. The number of ether oxygens (including phenoxy) is 2. The van der Waals surface area contributed by atoms with E-state index in [2.05, 4.69) is 0 Å². The van der Waals surface area contributed by atoms with E-state index >= 15 is 0 Å². The van der Waals surface area contributed by atoms with Crippen molar-refractivity contribution >= 4 is 17.8 Å². The summed E-state index contributed by atoms with van der Waals surface area (Å²) in [4.78, 5) is 38.4. The summed E-state index contributed by atoms with van der Waals surface area (Å²) in [6.07, 6.45) is 0. The minimum atomic E-state index is -1.11. The predicted molar refractivity (Wildman–Crippen MR) is 95.6 cm³/mol. The molecule has 0 fully saturated rings. The maximum atomic E-state index is 12.6. The molecule has 26 heavy (non-hydrogen) atoms. The van der Waals surface area contributed by atoms with Crippen LogP contribution in [-0.4, -0.2) is 72.6 Å². The molecule has 0 saturated carbocycles. The molecular weight excluding hydrogens is 340 g/mol. The molecule has 8 heteroatoms. The van der Waals surface area contributed by atoms with Crippen molar-refractivity contribution in [1.82, 2.24) is 9.80 Å². The number of amides is 2. The number of likely N-dealkylation sites (N-methyl/N-ethyl adjacent to an activating group) is 2. The zero-order chi connectivity index (χ0) is 19.7. The minimum Gasteiger partial charge on any atom is -0.490 e. The van der Waals surface area contributed by atoms with Gasteiger partial charge >= 0.3 is 5.97 Å². The normalized spacial score (nSPS) is 10.2. The van der Waals surface area contributed by atoms with Gasteiger partial charge in [-0.25, -0.2) is 4.79 Å². The van der Waals surface area contributed by atoms with Crippen LogP contribution >= 0.6 is 0 Å². The summed E-state index contributed by atoms with van der Waals surface area (Å²) >= 11 is 0. The van der Waals surface area contributed by atoms with Gasteiger partial charge in [0.2, 0.25) is 5.91 Å². The molecule has 0 bridgehead atoms. The van der Waals surface area contributed by atoms with Crippen LogP contribution in [0.2, 0.25) is 0 Å². The molecule has 0 aromatic heterocycles. The predicted octanol–water partition coefficient (Wildman–Crippen LogP) is 1.49. The number of carboxylic acid groups (broad SMARTS) is 1. The smallest absolute Gasteiger partial charge is 0.341 e. The SMILES string of the molecule is CCOc1cc(C(=O)N(C)CC(=O)N(CC)CC)ccc1OCC(=O)O. The topological polar surface area (TPSA) is 96.4 Å². The van der Waals surface area contributed by atoms with E-state index < -0.39 is 12.6 Å². The van der Waals surface area contributed by atoms with Crippen LogP contribution in [0, 0.1) is 0 Å². The summed E-state index contributed by atoms with van der Waals surface area (Å²) in [7, 11) is 1.55. The molecule has 1 N–H and O–H groups in total. The molecule has 0 unspecified atom stereocenters. The highest BCUT2D eigenvalue weighted by atomic mass is 16.5. The van der Waals surface area contributed by atoms with E-state index in [1.54, 1.807) is 18.9 Å². The zero-order valence-electron chi connectivity index (χ0n) is 15.7. The van der Waals surface area contributed by atoms with Gasteiger partial charge in [0.15, 0.2) is 18.1 Å². The summed E-state index contributed by atoms with van der Waals surface area (Å²) in [5, 5.41) is 8.72. The number of carbonyl (C=O) groups excluding carboxylic acids is 2. The van der Waals surface area contributed by atoms with Crippen LogP contribution in [0.3, 0.4) is 0 Å². The molecule has 8 nitrogen and oxygen atoms in total. The molecule has 0 atom stereocenters. The third kappa shape index (κ3) is 5.94. The van der Waals surface area contributed by atoms with Crippen molar-refractivity contribution in [3.8, 4) is 11.5 Å². The average molecular weight is 366 g/mol. The fourth-order valence-corrected chi connectivity index (χ4v) is 2.34. The van der Waals surface area contributed by atoms with Crippen molar-refractivity contribution in [3.63, 3.8) is 0 Å². The van der Waals surface area contributed by atoms with E-state index in [0.29, 0.717) is 25.3 Å². The van der Waals surface area contributed by atoms with E-state index in [0.717, 1.165) is 0 Å². The Morgan fingerprint density at radius 3 is 2.23 bits per heavy atom. The van der Waals surface area contributed by atoms with Gasteiger partial charge in [-0.1, -0.05) is 0 Å². The maximum absolute atomic E-state index is 12.6. The highest BCUT2D eigenvalue weighted by molar-refractivity contribution is 5.97. The Kier molecular flexibility index (Phi) is 8.41. The highest BCUT2D eigenvalue weighted by Gasteiger charge is 2.19. The van der Waals surface area contributed by atoms with Gasteiger partial charge in [-0.15, -0.1) is 0 Å². The summed E-state index contributed by atoms with van der Waals surface area (Å²) in [5.41, 5.74) is 0.325. The highest BCUT2D eigenvalue weighted by Crippen LogP contribution is 2.29. The lowest BCUT2D eigenvalue weighted by molar-refractivity contribution is -0.139. The van der Waals surface area contributed by atoms with Crippen molar-refractivity contribution in [2.75, 3.05) is 39.9 Å². The fraction of sp³-hybridized carbons (Fsp3) is 0.500. The number of benzene rings is 1. The van der Waals surface area contributed by atoms with Gasteiger partial charge in [0, 0.05) is 25.7 Å². The first-order valence-corrected chi connectivity index (χ1v) is 8.48. The van der Waals surface area contributed by atoms with Crippen LogP contribution in [-0.2, 0) is 9.59 Å². The van der Waals surface area contributed by atoms with E-state index in [9.17, 15) is 14.4 Å². The van der Waals surface area contributed by atoms with E-state index in [-0.39, 0.29) is 29.9 Å². The van der Waals surface area contributed by atoms with Crippen LogP contribution < -0.4 is 9.47 Å². The lowest BCUT2D eigenvalue weighted by Crippen LogP contribution is -2.41. The molecule has 0 radical (unpaired) electrons. The minimum absolute atomic E-state index is 0.0260. The molecule has 0 aliphatic rings. The summed E-state index contributed by atoms with van der Waals surface area (Å²) in [6.45, 7) is 6.50. The molecule has 2 amide bonds. The summed E-state index contributed by atoms with van der Waals surface area (Å²) in [5.74, 6) is -1.05. The van der Waals surface area contributed by atoms with Gasteiger partial charge in [0.05, 0.1) is 13.2 Å². The van der Waals surface area contributed by atoms with Gasteiger partial charge in [-0.3, -0.25) is 9.59 Å². The van der Waals surface area contributed by atoms with Crippen molar-refractivity contribution < 1.29 is 29.0 Å². The lowest BCUT2D eigenvalue weighted by atomic mass is 10.1. The molecule has 1 aromatic carbocycles. The number of carbonyl (C=O) groups is 3. The number of hydrogen-bond donors (Lipinski definition) is 1. The van der Waals surface area contributed by atoms with Gasteiger partial charge in [-0.05, 0) is 39.0 Å². The van der Waals surface area contributed by atoms with E-state index in [1.165, 1.54) is 23.1 Å². The first-order valence-electron chi connectivity index (χ1n) is 8.48. The summed E-state index contributed by atoms with van der Waals surface area (Å²) < 4.78 is 10.6. The maximum Gasteiger partial charge on any atom is 0.341 e. The van der Waals surface area contributed by atoms with Crippen LogP contribution in [0.4, 0.5) is 0 Å². The number of rotatable bonds is 10. The third-order valence-corrected chi connectivity index (χ3v) is 3.68. The van der Waals surface area contributed by atoms with Crippen LogP contribution in [0.25, 0.3) is 0 Å². The Balaban J connectivity index is 2.92. The molecule has 0 aliphatic heterocycles. The molecule has 0 aliphatic carbocycles. The van der Waals surface area contributed by atoms with Crippen LogP contribution in [0.1, 0.15) is 31.1 Å². The Labute approximate surface area is 153 Å². The molecule has 1 aromatic rings. The molecule has 0 saturated heterocycles. The second-order valence-corrected chi connectivity index (χ2v) is 5.50. The molecule has 1 rings (SSSR count). The number of carboxylic acids is 1. The van der Waals surface area contributed by atoms with Gasteiger partial charge in [-0.2, -0.15) is 0 Å². The van der Waals surface area contributed by atoms with Crippen molar-refractivity contribution in [1.29, 1.82) is 0 Å². The monoisotopic (exact) mass is 366 g/mol. The Hall–Kier alpha value is -2.77. The van der Waals surface area contributed by atoms with Gasteiger partial charge in [0.25, 0.3) is 5.91 Å². The van der Waals surface area contributed by atoms with E-state index in [4.69, 9.17) is 14.6 Å². The largest absolute Gasteiger partial charge is 0.490 e. The zero-order valence-corrected chi connectivity index (χ0v) is 15.7. The second-order valence-electron chi connectivity index (χ2n) is 5.50. The Morgan fingerprint density at radius 1 is 1.04 bits per heavy atom. The second kappa shape index (κ2) is 10.3. The van der Waals surface area contributed by atoms with Gasteiger partial charge < -0.3 is 24.4 Å². The molecule has 0 spiro atoms. The van der Waals surface area contributed by atoms with Crippen molar-refractivity contribution in [3.05, 3.63) is 23.8 Å². The lowest BCUT2D eigenvalue weighted by Gasteiger charge is -2.23. The first kappa shape index (κ1) is 21.3. The number of nitrogens with zero attached hydrogens (tertiary/aromatic N) is 2. The molecular formula is C18H26N2O6. The molecule has 0 heterocycles. The first-order chi connectivity index (χ1) is 12.3. The third-order valence-electron chi connectivity index (χ3n) is 3.68. The quantitative estimate of drug-likeness (QED) is 0.674. The van der Waals surface area contributed by atoms with Crippen LogP contribution in [0.5, 0.6) is 11.5 Å². The standard InChI is InChI=1S/C18H26N2O6/c1-5-20(6-2)16(21)11-19(4)18(24)13-8-9-14(26-12-17(22)23)15(10-13)25-7-3/h8-10H,5-7,11-12H2,1-4H3,(H,22,23). The van der Waals surface area contributed by atoms with E-state index in [1.807, 2.05) is 13.8 Å². The summed E-state index contributed by atoms with van der Waals surface area (Å²) in [6, 6.07) is 4.49. The Bertz CT molecular complexity index is 643. The number of hydrogen-bond acceptors (Lipinski definition) is 5. The Morgan fingerprint density at radius 2 is 1.69 bits per heavy atom. The molecule has 144 valence electrons. The van der Waals surface area contributed by atoms with Crippen molar-refractivity contribution in [2.24, 2.45) is 0 Å². The fourth-order valence-electron chi connectivity index (χ4n) is 2.34. The van der Waals surface area contributed by atoms with Crippen molar-refractivity contribution in [2.45, 2.75) is 20.8 Å². The average Bonchev–Trinajstić information content (AvgIpc) is 2.61. The van der Waals surface area contributed by atoms with Crippen LogP contribution in [0.15, 0.2) is 18.2 Å².